The third-order valence-corrected chi connectivity index (χ3v) is 7.95. The van der Waals surface area contributed by atoms with E-state index in [4.69, 9.17) is 0 Å². The van der Waals surface area contributed by atoms with E-state index in [1.807, 2.05) is 22.4 Å². The number of tetrazole rings is 1. The van der Waals surface area contributed by atoms with Gasteiger partial charge in [-0.25, -0.2) is 8.42 Å². The van der Waals surface area contributed by atoms with Crippen molar-refractivity contribution in [3.05, 3.63) is 17.5 Å². The lowest BCUT2D eigenvalue weighted by Crippen LogP contribution is -2.50. The molecule has 0 spiro atoms. The van der Waals surface area contributed by atoms with E-state index in [0.29, 0.717) is 12.2 Å². The molecule has 3 heterocycles. The molecule has 146 valence electrons. The Bertz CT molecular complexity index is 888. The first kappa shape index (κ1) is 18.5. The molecule has 1 aliphatic carbocycles. The van der Waals surface area contributed by atoms with Crippen LogP contribution in [0.4, 0.5) is 0 Å². The van der Waals surface area contributed by atoms with Crippen LogP contribution >= 0.6 is 11.3 Å². The molecule has 27 heavy (non-hydrogen) atoms. The molecule has 1 amide bonds. The maximum absolute atomic E-state index is 13.1. The van der Waals surface area contributed by atoms with Gasteiger partial charge in [-0.2, -0.15) is 4.80 Å². The van der Waals surface area contributed by atoms with E-state index < -0.39 is 9.84 Å². The third-order valence-electron chi connectivity index (χ3n) is 5.33. The Hall–Kier alpha value is -1.81. The Labute approximate surface area is 162 Å². The van der Waals surface area contributed by atoms with E-state index in [2.05, 4.69) is 15.4 Å². The number of nitrogens with zero attached hydrogens (tertiary/aromatic N) is 5. The number of sulfone groups is 1. The average molecular weight is 410 g/mol. The van der Waals surface area contributed by atoms with Crippen molar-refractivity contribution >= 4 is 27.1 Å². The zero-order chi connectivity index (χ0) is 18.9. The van der Waals surface area contributed by atoms with E-state index >= 15 is 0 Å². The van der Waals surface area contributed by atoms with Crippen molar-refractivity contribution in [1.82, 2.24) is 25.1 Å². The standard InChI is InChI=1S/C17H23N5O3S2/c23-16(11-21-19-17(18-20-21)15-7-4-9-26-15)22(13-5-2-1-3-6-13)14-8-10-27(24,25)12-14/h4,7,9,13-14H,1-3,5-6,8,10-12H2/t14-/m0/s1. The third kappa shape index (κ3) is 4.21. The van der Waals surface area contributed by atoms with Crippen LogP contribution in [0.25, 0.3) is 10.7 Å². The fourth-order valence-electron chi connectivity index (χ4n) is 4.08. The van der Waals surface area contributed by atoms with Gasteiger partial charge in [0.1, 0.15) is 6.54 Å². The lowest BCUT2D eigenvalue weighted by Gasteiger charge is -2.38. The van der Waals surface area contributed by atoms with E-state index in [1.165, 1.54) is 22.6 Å². The summed E-state index contributed by atoms with van der Waals surface area (Å²) in [5, 5.41) is 14.3. The Morgan fingerprint density at radius 3 is 2.70 bits per heavy atom. The van der Waals surface area contributed by atoms with Crippen molar-refractivity contribution in [1.29, 1.82) is 0 Å². The van der Waals surface area contributed by atoms with Gasteiger partial charge in [-0.15, -0.1) is 21.5 Å². The first-order chi connectivity index (χ1) is 13.0. The zero-order valence-electron chi connectivity index (χ0n) is 15.0. The summed E-state index contributed by atoms with van der Waals surface area (Å²) in [6.45, 7) is -0.00851. The first-order valence-corrected chi connectivity index (χ1v) is 12.1. The summed E-state index contributed by atoms with van der Waals surface area (Å²) < 4.78 is 23.9. The number of carbonyl (C=O) groups is 1. The molecule has 1 saturated carbocycles. The molecule has 2 aromatic rings. The van der Waals surface area contributed by atoms with E-state index in [-0.39, 0.29) is 36.0 Å². The van der Waals surface area contributed by atoms with Crippen LogP contribution in [0.2, 0.25) is 0 Å². The van der Waals surface area contributed by atoms with Crippen LogP contribution in [0.3, 0.4) is 0 Å². The highest BCUT2D eigenvalue weighted by molar-refractivity contribution is 7.91. The summed E-state index contributed by atoms with van der Waals surface area (Å²) in [5.74, 6) is 0.628. The molecule has 4 rings (SSSR count). The summed E-state index contributed by atoms with van der Waals surface area (Å²) in [4.78, 5) is 17.2. The van der Waals surface area contributed by atoms with Crippen LogP contribution in [0.15, 0.2) is 17.5 Å². The molecular formula is C17H23N5O3S2. The van der Waals surface area contributed by atoms with Crippen LogP contribution in [0.5, 0.6) is 0 Å². The zero-order valence-corrected chi connectivity index (χ0v) is 16.7. The minimum absolute atomic E-state index is 0.00851. The number of thiophene rings is 1. The smallest absolute Gasteiger partial charge is 0.246 e. The van der Waals surface area contributed by atoms with Gasteiger partial charge in [0.25, 0.3) is 0 Å². The van der Waals surface area contributed by atoms with Gasteiger partial charge < -0.3 is 4.90 Å². The van der Waals surface area contributed by atoms with Crippen LogP contribution in [-0.2, 0) is 21.2 Å². The minimum atomic E-state index is -3.05. The van der Waals surface area contributed by atoms with Gasteiger partial charge in [0.15, 0.2) is 9.84 Å². The summed E-state index contributed by atoms with van der Waals surface area (Å²) in [6.07, 6.45) is 5.74. The Morgan fingerprint density at radius 1 is 1.22 bits per heavy atom. The molecule has 1 aliphatic heterocycles. The van der Waals surface area contributed by atoms with E-state index in [9.17, 15) is 13.2 Å². The molecule has 0 radical (unpaired) electrons. The van der Waals surface area contributed by atoms with Gasteiger partial charge in [0.2, 0.25) is 11.7 Å². The molecule has 2 aromatic heterocycles. The van der Waals surface area contributed by atoms with E-state index in [1.54, 1.807) is 0 Å². The fourth-order valence-corrected chi connectivity index (χ4v) is 6.44. The number of rotatable bonds is 5. The monoisotopic (exact) mass is 409 g/mol. The molecule has 0 unspecified atom stereocenters. The second kappa shape index (κ2) is 7.67. The topological polar surface area (TPSA) is 98.1 Å². The van der Waals surface area contributed by atoms with Crippen LogP contribution in [0, 0.1) is 0 Å². The molecule has 8 nitrogen and oxygen atoms in total. The van der Waals surface area contributed by atoms with Crippen molar-refractivity contribution in [3.63, 3.8) is 0 Å². The van der Waals surface area contributed by atoms with Gasteiger partial charge in [-0.1, -0.05) is 25.3 Å². The fraction of sp³-hybridized carbons (Fsp3) is 0.647. The molecule has 1 saturated heterocycles. The molecule has 2 fully saturated rings. The number of aromatic nitrogens is 4. The van der Waals surface area contributed by atoms with Crippen LogP contribution in [-0.4, -0.2) is 63.0 Å². The minimum Gasteiger partial charge on any atom is -0.334 e. The largest absolute Gasteiger partial charge is 0.334 e. The lowest BCUT2D eigenvalue weighted by molar-refractivity contribution is -0.137. The van der Waals surface area contributed by atoms with Crippen molar-refractivity contribution in [2.45, 2.75) is 57.2 Å². The van der Waals surface area contributed by atoms with Gasteiger partial charge >= 0.3 is 0 Å². The van der Waals surface area contributed by atoms with Crippen LogP contribution in [0.1, 0.15) is 38.5 Å². The maximum Gasteiger partial charge on any atom is 0.246 e. The molecule has 0 bridgehead atoms. The first-order valence-electron chi connectivity index (χ1n) is 9.35. The quantitative estimate of drug-likeness (QED) is 0.746. The van der Waals surface area contributed by atoms with Gasteiger partial charge in [0.05, 0.1) is 16.4 Å². The molecule has 2 aliphatic rings. The van der Waals surface area contributed by atoms with Gasteiger partial charge in [0, 0.05) is 12.1 Å². The van der Waals surface area contributed by atoms with Crippen molar-refractivity contribution < 1.29 is 13.2 Å². The Kier molecular flexibility index (Phi) is 5.27. The Balaban J connectivity index is 1.51. The van der Waals surface area contributed by atoms with Crippen molar-refractivity contribution in [3.8, 4) is 10.7 Å². The van der Waals surface area contributed by atoms with Crippen molar-refractivity contribution in [2.75, 3.05) is 11.5 Å². The van der Waals surface area contributed by atoms with Gasteiger partial charge in [-0.05, 0) is 35.9 Å². The second-order valence-electron chi connectivity index (χ2n) is 7.27. The average Bonchev–Trinajstić information content (AvgIpc) is 3.37. The summed E-state index contributed by atoms with van der Waals surface area (Å²) >= 11 is 1.52. The molecular weight excluding hydrogens is 386 g/mol. The van der Waals surface area contributed by atoms with E-state index in [0.717, 1.165) is 30.6 Å². The number of hydrogen-bond acceptors (Lipinski definition) is 7. The summed E-state index contributed by atoms with van der Waals surface area (Å²) in [6, 6.07) is 3.71. The number of hydrogen-bond donors (Lipinski definition) is 0. The van der Waals surface area contributed by atoms with Gasteiger partial charge in [-0.3, -0.25) is 4.79 Å². The molecule has 1 atom stereocenters. The summed E-state index contributed by atoms with van der Waals surface area (Å²) in [5.41, 5.74) is 0. The van der Waals surface area contributed by atoms with Crippen LogP contribution < -0.4 is 0 Å². The second-order valence-corrected chi connectivity index (χ2v) is 10.4. The molecule has 10 heteroatoms. The highest BCUT2D eigenvalue weighted by atomic mass is 32.2. The number of carbonyl (C=O) groups excluding carboxylic acids is 1. The number of amides is 1. The highest BCUT2D eigenvalue weighted by Crippen LogP contribution is 2.28. The van der Waals surface area contributed by atoms with Crippen molar-refractivity contribution in [2.24, 2.45) is 0 Å². The normalized spacial score (nSPS) is 22.7. The predicted octanol–water partition coefficient (Wildman–Crippen LogP) is 1.75. The predicted molar refractivity (Wildman–Crippen MR) is 102 cm³/mol. The lowest BCUT2D eigenvalue weighted by atomic mass is 9.93. The Morgan fingerprint density at radius 2 is 2.04 bits per heavy atom. The molecule has 0 N–H and O–H groups in total. The SMILES string of the molecule is O=C(Cn1nnc(-c2cccs2)n1)N(C1CCCCC1)[C@H]1CCS(=O)(=O)C1. The maximum atomic E-state index is 13.1. The summed E-state index contributed by atoms with van der Waals surface area (Å²) in [7, 11) is -3.05. The molecule has 0 aromatic carbocycles. The highest BCUT2D eigenvalue weighted by Gasteiger charge is 2.38.